The summed E-state index contributed by atoms with van der Waals surface area (Å²) < 4.78 is 20.1. The molecule has 2 N–H and O–H groups in total. The maximum atomic E-state index is 11.8. The first-order valence-corrected chi connectivity index (χ1v) is 8.37. The topological polar surface area (TPSA) is 95.1 Å². The largest absolute Gasteiger partial charge is 0.493 e. The van der Waals surface area contributed by atoms with Gasteiger partial charge in [0.2, 0.25) is 0 Å². The molecule has 0 fully saturated rings. The highest BCUT2D eigenvalue weighted by Gasteiger charge is 2.23. The highest BCUT2D eigenvalue weighted by Crippen LogP contribution is 2.45. The summed E-state index contributed by atoms with van der Waals surface area (Å²) in [4.78, 5) is 23.6. The summed E-state index contributed by atoms with van der Waals surface area (Å²) in [6.07, 6.45) is -1.56. The lowest BCUT2D eigenvalue weighted by Crippen LogP contribution is -2.18. The fraction of sp³-hybridized carbons (Fsp3) is 0.429. The lowest BCUT2D eigenvalue weighted by Gasteiger charge is -2.19. The molecule has 0 aliphatic carbocycles. The van der Waals surface area contributed by atoms with Crippen molar-refractivity contribution in [2.75, 3.05) is 49.8 Å². The van der Waals surface area contributed by atoms with Crippen LogP contribution >= 0.6 is 34.8 Å². The number of methoxy groups -OCH3 is 2. The molecule has 0 unspecified atom stereocenters. The molecule has 8 nitrogen and oxygen atoms in total. The van der Waals surface area contributed by atoms with Crippen LogP contribution in [0.2, 0.25) is 5.02 Å². The third kappa shape index (κ3) is 6.22. The molecular formula is C14H17Cl3N2O6. The molecule has 0 aliphatic rings. The summed E-state index contributed by atoms with van der Waals surface area (Å²) in [5.74, 6) is 0.497. The zero-order chi connectivity index (χ0) is 18.8. The van der Waals surface area contributed by atoms with Gasteiger partial charge in [0.05, 0.1) is 36.7 Å². The van der Waals surface area contributed by atoms with Gasteiger partial charge in [-0.3, -0.25) is 10.6 Å². The van der Waals surface area contributed by atoms with E-state index in [4.69, 9.17) is 53.8 Å². The maximum Gasteiger partial charge on any atom is 0.411 e. The van der Waals surface area contributed by atoms with E-state index in [9.17, 15) is 9.59 Å². The molecule has 11 heteroatoms. The normalized spacial score (nSPS) is 9.96. The van der Waals surface area contributed by atoms with Gasteiger partial charge in [0.1, 0.15) is 18.9 Å². The number of nitrogens with one attached hydrogen (secondary N) is 2. The van der Waals surface area contributed by atoms with Crippen molar-refractivity contribution in [3.8, 4) is 11.5 Å². The van der Waals surface area contributed by atoms with Crippen molar-refractivity contribution in [2.45, 2.75) is 0 Å². The molecule has 1 rings (SSSR count). The van der Waals surface area contributed by atoms with E-state index in [2.05, 4.69) is 10.6 Å². The summed E-state index contributed by atoms with van der Waals surface area (Å²) in [5, 5.41) is 5.01. The Kier molecular flexibility index (Phi) is 9.33. The van der Waals surface area contributed by atoms with Gasteiger partial charge >= 0.3 is 12.2 Å². The van der Waals surface area contributed by atoms with Crippen molar-refractivity contribution in [1.29, 1.82) is 0 Å². The van der Waals surface area contributed by atoms with Gasteiger partial charge in [0, 0.05) is 0 Å². The number of halogens is 3. The number of carbonyl (C=O) groups is 2. The van der Waals surface area contributed by atoms with Gasteiger partial charge in [-0.05, 0) is 6.07 Å². The molecule has 25 heavy (non-hydrogen) atoms. The smallest absolute Gasteiger partial charge is 0.411 e. The van der Waals surface area contributed by atoms with E-state index in [1.54, 1.807) is 0 Å². The number of hydrogen-bond acceptors (Lipinski definition) is 6. The van der Waals surface area contributed by atoms with Gasteiger partial charge in [-0.25, -0.2) is 9.59 Å². The Morgan fingerprint density at radius 3 is 1.96 bits per heavy atom. The first-order valence-electron chi connectivity index (χ1n) is 6.92. The molecule has 0 aliphatic heterocycles. The molecule has 0 bridgehead atoms. The Balaban J connectivity index is 3.18. The van der Waals surface area contributed by atoms with E-state index in [0.717, 1.165) is 0 Å². The Morgan fingerprint density at radius 1 is 0.960 bits per heavy atom. The summed E-state index contributed by atoms with van der Waals surface area (Å²) >= 11 is 17.1. The SMILES string of the molecule is COc1c(Cl)cc(NC(=O)OCCCl)c(OC)c1NC(=O)OCCCl. The quantitative estimate of drug-likeness (QED) is 0.625. The molecule has 0 spiro atoms. The highest BCUT2D eigenvalue weighted by molar-refractivity contribution is 6.33. The molecule has 0 saturated heterocycles. The van der Waals surface area contributed by atoms with Crippen LogP contribution in [-0.2, 0) is 9.47 Å². The Labute approximate surface area is 159 Å². The van der Waals surface area contributed by atoms with Gasteiger partial charge in [-0.15, -0.1) is 23.2 Å². The average Bonchev–Trinajstić information content (AvgIpc) is 2.58. The van der Waals surface area contributed by atoms with Crippen LogP contribution in [0.1, 0.15) is 0 Å². The standard InChI is InChI=1S/C14H17Cl3N2O6/c1-22-11-8(17)7-9(18-13(20)24-5-3-15)12(23-2)10(11)19-14(21)25-6-4-16/h7H,3-6H2,1-2H3,(H,18,20)(H,19,21). The van der Waals surface area contributed by atoms with E-state index < -0.39 is 12.2 Å². The van der Waals surface area contributed by atoms with Crippen LogP contribution in [0.4, 0.5) is 21.0 Å². The number of carbonyl (C=O) groups excluding carboxylic acids is 2. The highest BCUT2D eigenvalue weighted by atomic mass is 35.5. The molecule has 0 saturated carbocycles. The van der Waals surface area contributed by atoms with Gasteiger partial charge in [-0.2, -0.15) is 0 Å². The second-order valence-electron chi connectivity index (χ2n) is 4.25. The number of rotatable bonds is 8. The van der Waals surface area contributed by atoms with E-state index in [-0.39, 0.29) is 52.9 Å². The lowest BCUT2D eigenvalue weighted by molar-refractivity contribution is 0.168. The zero-order valence-electron chi connectivity index (χ0n) is 13.5. The minimum Gasteiger partial charge on any atom is -0.493 e. The number of benzene rings is 1. The maximum absolute atomic E-state index is 11.8. The van der Waals surface area contributed by atoms with Crippen LogP contribution in [-0.4, -0.2) is 51.4 Å². The minimum absolute atomic E-state index is 0.00838. The van der Waals surface area contributed by atoms with Crippen LogP contribution in [0.25, 0.3) is 0 Å². The summed E-state index contributed by atoms with van der Waals surface area (Å²) in [7, 11) is 2.70. The first-order chi connectivity index (χ1) is 12.0. The van der Waals surface area contributed by atoms with Crippen molar-refractivity contribution >= 4 is 58.4 Å². The predicted octanol–water partition coefficient (Wildman–Crippen LogP) is 3.93. The van der Waals surface area contributed by atoms with Crippen LogP contribution in [0.15, 0.2) is 6.07 Å². The second-order valence-corrected chi connectivity index (χ2v) is 5.41. The summed E-state index contributed by atoms with van der Waals surface area (Å²) in [6.45, 7) is 0.0316. The predicted molar refractivity (Wildman–Crippen MR) is 95.9 cm³/mol. The molecule has 0 heterocycles. The number of anilines is 2. The minimum atomic E-state index is -0.796. The van der Waals surface area contributed by atoms with Crippen molar-refractivity contribution in [3.05, 3.63) is 11.1 Å². The molecule has 140 valence electrons. The molecule has 1 aromatic carbocycles. The van der Waals surface area contributed by atoms with E-state index in [0.29, 0.717) is 0 Å². The van der Waals surface area contributed by atoms with Gasteiger partial charge in [0.25, 0.3) is 0 Å². The number of ether oxygens (including phenoxy) is 4. The fourth-order valence-corrected chi connectivity index (χ4v) is 2.21. The molecule has 0 radical (unpaired) electrons. The van der Waals surface area contributed by atoms with Crippen LogP contribution in [0, 0.1) is 0 Å². The molecule has 2 amide bonds. The molecular weight excluding hydrogens is 399 g/mol. The zero-order valence-corrected chi connectivity index (χ0v) is 15.8. The molecule has 0 aromatic heterocycles. The van der Waals surface area contributed by atoms with E-state index in [1.807, 2.05) is 0 Å². The Bertz CT molecular complexity index is 615. The van der Waals surface area contributed by atoms with Gasteiger partial charge in [-0.1, -0.05) is 11.6 Å². The number of amides is 2. The van der Waals surface area contributed by atoms with Crippen LogP contribution in [0.3, 0.4) is 0 Å². The Morgan fingerprint density at radius 2 is 1.48 bits per heavy atom. The fourth-order valence-electron chi connectivity index (χ4n) is 1.78. The lowest BCUT2D eigenvalue weighted by atomic mass is 10.2. The van der Waals surface area contributed by atoms with Gasteiger partial charge < -0.3 is 18.9 Å². The molecule has 0 atom stereocenters. The average molecular weight is 416 g/mol. The van der Waals surface area contributed by atoms with Gasteiger partial charge in [0.15, 0.2) is 11.5 Å². The van der Waals surface area contributed by atoms with Crippen molar-refractivity contribution < 1.29 is 28.5 Å². The molecule has 1 aromatic rings. The van der Waals surface area contributed by atoms with E-state index >= 15 is 0 Å². The van der Waals surface area contributed by atoms with Crippen molar-refractivity contribution in [2.24, 2.45) is 0 Å². The Hall–Kier alpha value is -1.77. The van der Waals surface area contributed by atoms with Crippen LogP contribution < -0.4 is 20.1 Å². The third-order valence-electron chi connectivity index (χ3n) is 2.68. The summed E-state index contributed by atoms with van der Waals surface area (Å²) in [6, 6.07) is 1.39. The number of hydrogen-bond donors (Lipinski definition) is 2. The van der Waals surface area contributed by atoms with Crippen molar-refractivity contribution in [1.82, 2.24) is 0 Å². The first kappa shape index (κ1) is 21.3. The second kappa shape index (κ2) is 11.0. The monoisotopic (exact) mass is 414 g/mol. The van der Waals surface area contributed by atoms with Crippen LogP contribution in [0.5, 0.6) is 11.5 Å². The van der Waals surface area contributed by atoms with Crippen molar-refractivity contribution in [3.63, 3.8) is 0 Å². The third-order valence-corrected chi connectivity index (χ3v) is 3.27. The summed E-state index contributed by atoms with van der Waals surface area (Å²) in [5.41, 5.74) is 0.227. The van der Waals surface area contributed by atoms with E-state index in [1.165, 1.54) is 20.3 Å². The number of alkyl halides is 2.